The number of aromatic nitrogens is 2. The van der Waals surface area contributed by atoms with Gasteiger partial charge < -0.3 is 9.80 Å². The summed E-state index contributed by atoms with van der Waals surface area (Å²) in [5.41, 5.74) is 2.05. The van der Waals surface area contributed by atoms with Crippen molar-refractivity contribution in [1.29, 1.82) is 0 Å². The Morgan fingerprint density at radius 3 is 2.74 bits per heavy atom. The number of likely N-dealkylation sites (tertiary alicyclic amines) is 1. The molecule has 2 aromatic heterocycles. The third kappa shape index (κ3) is 4.71. The van der Waals surface area contributed by atoms with E-state index in [-0.39, 0.29) is 17.9 Å². The molecule has 1 unspecified atom stereocenters. The molecule has 2 aromatic rings. The fourth-order valence-electron chi connectivity index (χ4n) is 3.64. The van der Waals surface area contributed by atoms with Crippen molar-refractivity contribution >= 4 is 23.2 Å². The van der Waals surface area contributed by atoms with Gasteiger partial charge in [0.15, 0.2) is 0 Å². The third-order valence-corrected chi connectivity index (χ3v) is 6.06. The second-order valence-electron chi connectivity index (χ2n) is 6.90. The number of carbonyl (C=O) groups excluding carboxylic acids is 2. The molecule has 0 radical (unpaired) electrons. The van der Waals surface area contributed by atoms with Crippen molar-refractivity contribution in [1.82, 2.24) is 19.8 Å². The number of nitrogens with zero attached hydrogens (tertiary/aromatic N) is 4. The van der Waals surface area contributed by atoms with Crippen LogP contribution in [-0.2, 0) is 17.8 Å². The first-order chi connectivity index (χ1) is 13.1. The molecule has 1 aliphatic rings. The average molecular weight is 387 g/mol. The monoisotopic (exact) mass is 386 g/mol. The highest BCUT2D eigenvalue weighted by atomic mass is 32.1. The van der Waals surface area contributed by atoms with Gasteiger partial charge in [0.25, 0.3) is 5.91 Å². The minimum atomic E-state index is 0.0511. The first-order valence-corrected chi connectivity index (χ1v) is 10.3. The van der Waals surface area contributed by atoms with Gasteiger partial charge in [-0.15, -0.1) is 11.3 Å². The molecule has 0 N–H and O–H groups in total. The Hall–Kier alpha value is -2.28. The van der Waals surface area contributed by atoms with E-state index in [9.17, 15) is 9.59 Å². The van der Waals surface area contributed by atoms with Crippen molar-refractivity contribution < 1.29 is 9.59 Å². The molecule has 6 nitrogen and oxygen atoms in total. The molecule has 144 valence electrons. The van der Waals surface area contributed by atoms with E-state index in [2.05, 4.69) is 16.9 Å². The molecule has 3 heterocycles. The van der Waals surface area contributed by atoms with Gasteiger partial charge in [0.05, 0.1) is 4.88 Å². The first-order valence-electron chi connectivity index (χ1n) is 9.47. The highest BCUT2D eigenvalue weighted by molar-refractivity contribution is 7.12. The summed E-state index contributed by atoms with van der Waals surface area (Å²) in [4.78, 5) is 38.0. The van der Waals surface area contributed by atoms with E-state index in [4.69, 9.17) is 0 Å². The van der Waals surface area contributed by atoms with Crippen molar-refractivity contribution in [2.24, 2.45) is 0 Å². The van der Waals surface area contributed by atoms with Crippen molar-refractivity contribution in [3.63, 3.8) is 0 Å². The van der Waals surface area contributed by atoms with Gasteiger partial charge >= 0.3 is 0 Å². The summed E-state index contributed by atoms with van der Waals surface area (Å²) >= 11 is 1.53. The largest absolute Gasteiger partial charge is 0.338 e. The molecule has 0 aliphatic carbocycles. The molecule has 27 heavy (non-hydrogen) atoms. The third-order valence-electron chi connectivity index (χ3n) is 5.12. The lowest BCUT2D eigenvalue weighted by molar-refractivity contribution is -0.132. The number of hydrogen-bond donors (Lipinski definition) is 0. The zero-order chi connectivity index (χ0) is 19.2. The van der Waals surface area contributed by atoms with Gasteiger partial charge in [-0.1, -0.05) is 6.92 Å². The summed E-state index contributed by atoms with van der Waals surface area (Å²) in [6, 6.07) is 2.17. The molecule has 2 amide bonds. The Labute approximate surface area is 164 Å². The van der Waals surface area contributed by atoms with Crippen LogP contribution < -0.4 is 0 Å². The lowest BCUT2D eigenvalue weighted by Gasteiger charge is -2.30. The van der Waals surface area contributed by atoms with Crippen molar-refractivity contribution in [2.45, 2.75) is 52.1 Å². The van der Waals surface area contributed by atoms with Crippen LogP contribution in [-0.4, -0.2) is 50.7 Å². The molecule has 1 aliphatic heterocycles. The Bertz CT molecular complexity index is 777. The number of amides is 2. The maximum absolute atomic E-state index is 12.9. The second kappa shape index (κ2) is 9.08. The van der Waals surface area contributed by atoms with Gasteiger partial charge in [0, 0.05) is 50.6 Å². The fourth-order valence-corrected chi connectivity index (χ4v) is 4.61. The predicted molar refractivity (Wildman–Crippen MR) is 105 cm³/mol. The molecule has 1 saturated heterocycles. The van der Waals surface area contributed by atoms with E-state index in [1.165, 1.54) is 17.7 Å². The summed E-state index contributed by atoms with van der Waals surface area (Å²) in [7, 11) is 0. The summed E-state index contributed by atoms with van der Waals surface area (Å²) in [6.45, 7) is 5.63. The number of aryl methyl sites for hydroxylation is 1. The maximum atomic E-state index is 12.9. The van der Waals surface area contributed by atoms with E-state index in [0.717, 1.165) is 48.2 Å². The summed E-state index contributed by atoms with van der Waals surface area (Å²) < 4.78 is 0. The molecule has 0 saturated carbocycles. The molecule has 0 aromatic carbocycles. The Balaban J connectivity index is 1.67. The predicted octanol–water partition coefficient (Wildman–Crippen LogP) is 3.14. The average Bonchev–Trinajstić information content (AvgIpc) is 3.03. The van der Waals surface area contributed by atoms with Crippen LogP contribution in [0.2, 0.25) is 0 Å². The zero-order valence-electron chi connectivity index (χ0n) is 15.9. The standard InChI is InChI=1S/C20H26N4O2S/c1-3-17-7-10-27-19(17)20(26)23-8-4-5-18(6-9-23)24(15(2)25)13-16-11-21-14-22-12-16/h7,10-12,14,18H,3-6,8-9,13H2,1-2H3. The number of rotatable bonds is 5. The fraction of sp³-hybridized carbons (Fsp3) is 0.500. The number of hydrogen-bond acceptors (Lipinski definition) is 5. The van der Waals surface area contributed by atoms with Crippen LogP contribution in [0.4, 0.5) is 0 Å². The Morgan fingerprint density at radius 2 is 2.04 bits per heavy atom. The lowest BCUT2D eigenvalue weighted by atomic mass is 10.1. The van der Waals surface area contributed by atoms with Gasteiger partial charge in [-0.2, -0.15) is 0 Å². The molecular weight excluding hydrogens is 360 g/mol. The van der Waals surface area contributed by atoms with Crippen LogP contribution in [0.25, 0.3) is 0 Å². The van der Waals surface area contributed by atoms with Crippen LogP contribution in [0.1, 0.15) is 53.9 Å². The Kier molecular flexibility index (Phi) is 6.55. The quantitative estimate of drug-likeness (QED) is 0.792. The van der Waals surface area contributed by atoms with Crippen LogP contribution >= 0.6 is 11.3 Å². The van der Waals surface area contributed by atoms with Gasteiger partial charge in [0.2, 0.25) is 5.91 Å². The summed E-state index contributed by atoms with van der Waals surface area (Å²) in [6.07, 6.45) is 8.47. The van der Waals surface area contributed by atoms with Crippen LogP contribution in [0.15, 0.2) is 30.2 Å². The normalized spacial score (nSPS) is 17.4. The van der Waals surface area contributed by atoms with Crippen molar-refractivity contribution in [3.8, 4) is 0 Å². The Morgan fingerprint density at radius 1 is 1.26 bits per heavy atom. The molecule has 0 spiro atoms. The van der Waals surface area contributed by atoms with E-state index in [0.29, 0.717) is 13.1 Å². The van der Waals surface area contributed by atoms with E-state index in [1.807, 2.05) is 21.2 Å². The van der Waals surface area contributed by atoms with Gasteiger partial charge in [-0.05, 0) is 42.7 Å². The SMILES string of the molecule is CCc1ccsc1C(=O)N1CCCC(N(Cc2cncnc2)C(C)=O)CC1. The first kappa shape index (κ1) is 19.5. The van der Waals surface area contributed by atoms with Gasteiger partial charge in [-0.25, -0.2) is 9.97 Å². The van der Waals surface area contributed by atoms with Crippen LogP contribution in [0.3, 0.4) is 0 Å². The number of thiophene rings is 1. The summed E-state index contributed by atoms with van der Waals surface area (Å²) in [5, 5.41) is 1.99. The number of carbonyl (C=O) groups is 2. The lowest BCUT2D eigenvalue weighted by Crippen LogP contribution is -2.39. The molecule has 1 fully saturated rings. The van der Waals surface area contributed by atoms with Crippen LogP contribution in [0.5, 0.6) is 0 Å². The van der Waals surface area contributed by atoms with E-state index in [1.54, 1.807) is 19.3 Å². The summed E-state index contributed by atoms with van der Waals surface area (Å²) in [5.74, 6) is 0.184. The molecule has 3 rings (SSSR count). The maximum Gasteiger partial charge on any atom is 0.264 e. The topological polar surface area (TPSA) is 66.4 Å². The molecule has 1 atom stereocenters. The van der Waals surface area contributed by atoms with Gasteiger partial charge in [0.1, 0.15) is 6.33 Å². The molecule has 0 bridgehead atoms. The van der Waals surface area contributed by atoms with Crippen molar-refractivity contribution in [3.05, 3.63) is 46.2 Å². The highest BCUT2D eigenvalue weighted by Crippen LogP contribution is 2.24. The highest BCUT2D eigenvalue weighted by Gasteiger charge is 2.28. The van der Waals surface area contributed by atoms with Gasteiger partial charge in [-0.3, -0.25) is 9.59 Å². The minimum absolute atomic E-state index is 0.0511. The molecule has 7 heteroatoms. The van der Waals surface area contributed by atoms with E-state index >= 15 is 0 Å². The molecular formula is C20H26N4O2S. The minimum Gasteiger partial charge on any atom is -0.338 e. The zero-order valence-corrected chi connectivity index (χ0v) is 16.7. The van der Waals surface area contributed by atoms with E-state index < -0.39 is 0 Å². The van der Waals surface area contributed by atoms with Crippen molar-refractivity contribution in [2.75, 3.05) is 13.1 Å². The van der Waals surface area contributed by atoms with Crippen LogP contribution in [0, 0.1) is 0 Å². The smallest absolute Gasteiger partial charge is 0.264 e. The second-order valence-corrected chi connectivity index (χ2v) is 7.82.